The van der Waals surface area contributed by atoms with Crippen molar-refractivity contribution >= 4 is 5.91 Å². The third-order valence-electron chi connectivity index (χ3n) is 5.82. The first kappa shape index (κ1) is 19.2. The number of benzene rings is 1. The van der Waals surface area contributed by atoms with Gasteiger partial charge in [0.1, 0.15) is 6.54 Å². The Morgan fingerprint density at radius 2 is 1.97 bits per heavy atom. The average Bonchev–Trinajstić information content (AvgIpc) is 3.36. The minimum absolute atomic E-state index is 0.101. The third kappa shape index (κ3) is 4.04. The Hall–Kier alpha value is -3.09. The lowest BCUT2D eigenvalue weighted by molar-refractivity contribution is -0.122. The maximum Gasteiger partial charge on any atom is 0.267 e. The zero-order chi connectivity index (χ0) is 20.4. The van der Waals surface area contributed by atoms with E-state index in [1.165, 1.54) is 17.2 Å². The summed E-state index contributed by atoms with van der Waals surface area (Å²) < 4.78 is 11.8. The second-order valence-electron chi connectivity index (χ2n) is 7.63. The molecule has 0 aliphatic heterocycles. The van der Waals surface area contributed by atoms with Crippen molar-refractivity contribution in [1.82, 2.24) is 15.1 Å². The van der Waals surface area contributed by atoms with Gasteiger partial charge in [0, 0.05) is 18.2 Å². The van der Waals surface area contributed by atoms with Crippen LogP contribution in [0.5, 0.6) is 11.5 Å². The van der Waals surface area contributed by atoms with Crippen molar-refractivity contribution in [2.45, 2.75) is 19.4 Å². The van der Waals surface area contributed by atoms with Crippen molar-refractivity contribution in [1.29, 1.82) is 0 Å². The standard InChI is InChI=1S/C22H25N3O4/c1-28-19-7-5-16(11-20(19)29-2)18-6-8-22(27)25(24-18)13-21(26)23-12-17-10-14-3-4-15(17)9-14/h3-8,11,14-15,17H,9-10,12-13H2,1-2H3,(H,23,26)/t14-,15+,17-/m0/s1. The topological polar surface area (TPSA) is 82.5 Å². The lowest BCUT2D eigenvalue weighted by Gasteiger charge is -2.18. The Bertz CT molecular complexity index is 998. The average molecular weight is 395 g/mol. The summed E-state index contributed by atoms with van der Waals surface area (Å²) in [6, 6.07) is 8.47. The summed E-state index contributed by atoms with van der Waals surface area (Å²) >= 11 is 0. The molecule has 1 aromatic heterocycles. The van der Waals surface area contributed by atoms with Crippen LogP contribution in [0.25, 0.3) is 11.3 Å². The Balaban J connectivity index is 1.45. The van der Waals surface area contributed by atoms with Gasteiger partial charge in [-0.3, -0.25) is 9.59 Å². The summed E-state index contributed by atoms with van der Waals surface area (Å²) in [6.45, 7) is 0.547. The Labute approximate surface area is 169 Å². The zero-order valence-corrected chi connectivity index (χ0v) is 16.6. The molecule has 0 unspecified atom stereocenters. The molecule has 7 heteroatoms. The van der Waals surface area contributed by atoms with Crippen LogP contribution >= 0.6 is 0 Å². The van der Waals surface area contributed by atoms with Crippen molar-refractivity contribution in [3.05, 3.63) is 52.8 Å². The number of rotatable bonds is 7. The molecular weight excluding hydrogens is 370 g/mol. The van der Waals surface area contributed by atoms with Crippen molar-refractivity contribution in [3.63, 3.8) is 0 Å². The Morgan fingerprint density at radius 3 is 2.66 bits per heavy atom. The number of allylic oxidation sites excluding steroid dienone is 2. The molecule has 0 radical (unpaired) electrons. The normalized spacial score (nSPS) is 21.9. The Morgan fingerprint density at radius 1 is 1.14 bits per heavy atom. The van der Waals surface area contributed by atoms with Gasteiger partial charge in [-0.15, -0.1) is 0 Å². The van der Waals surface area contributed by atoms with E-state index in [0.29, 0.717) is 41.5 Å². The number of nitrogens with zero attached hydrogens (tertiary/aromatic N) is 2. The number of carbonyl (C=O) groups excluding carboxylic acids is 1. The van der Waals surface area contributed by atoms with E-state index in [9.17, 15) is 9.59 Å². The molecule has 1 aromatic carbocycles. The molecule has 4 rings (SSSR count). The maximum atomic E-state index is 12.4. The van der Waals surface area contributed by atoms with E-state index in [1.54, 1.807) is 32.4 Å². The zero-order valence-electron chi connectivity index (χ0n) is 16.6. The van der Waals surface area contributed by atoms with Gasteiger partial charge in [-0.05, 0) is 54.9 Å². The van der Waals surface area contributed by atoms with Gasteiger partial charge in [0.05, 0.1) is 19.9 Å². The first-order valence-corrected chi connectivity index (χ1v) is 9.83. The maximum absolute atomic E-state index is 12.4. The van der Waals surface area contributed by atoms with Crippen LogP contribution in [-0.2, 0) is 11.3 Å². The van der Waals surface area contributed by atoms with E-state index in [1.807, 2.05) is 6.07 Å². The quantitative estimate of drug-likeness (QED) is 0.727. The van der Waals surface area contributed by atoms with Crippen molar-refractivity contribution in [2.75, 3.05) is 20.8 Å². The molecule has 2 aliphatic carbocycles. The van der Waals surface area contributed by atoms with E-state index in [0.717, 1.165) is 12.0 Å². The van der Waals surface area contributed by atoms with Crippen LogP contribution in [0.1, 0.15) is 12.8 Å². The fourth-order valence-electron chi connectivity index (χ4n) is 4.28. The smallest absolute Gasteiger partial charge is 0.267 e. The van der Waals surface area contributed by atoms with Crippen LogP contribution in [-0.4, -0.2) is 36.5 Å². The molecular formula is C22H25N3O4. The molecule has 1 N–H and O–H groups in total. The highest BCUT2D eigenvalue weighted by Crippen LogP contribution is 2.42. The lowest BCUT2D eigenvalue weighted by atomic mass is 9.94. The van der Waals surface area contributed by atoms with Crippen LogP contribution in [0.2, 0.25) is 0 Å². The highest BCUT2D eigenvalue weighted by atomic mass is 16.5. The van der Waals surface area contributed by atoms with Gasteiger partial charge in [-0.2, -0.15) is 5.10 Å². The second kappa shape index (κ2) is 8.11. The Kier molecular flexibility index (Phi) is 5.38. The molecule has 2 aliphatic rings. The fraction of sp³-hybridized carbons (Fsp3) is 0.409. The van der Waals surface area contributed by atoms with Crippen LogP contribution in [0.3, 0.4) is 0 Å². The third-order valence-corrected chi connectivity index (χ3v) is 5.82. The van der Waals surface area contributed by atoms with E-state index in [2.05, 4.69) is 22.6 Å². The molecule has 7 nitrogen and oxygen atoms in total. The summed E-state index contributed by atoms with van der Waals surface area (Å²) in [6.07, 6.45) is 6.89. The fourth-order valence-corrected chi connectivity index (χ4v) is 4.28. The van der Waals surface area contributed by atoms with Crippen LogP contribution < -0.4 is 20.3 Å². The largest absolute Gasteiger partial charge is 0.493 e. The van der Waals surface area contributed by atoms with Crippen molar-refractivity contribution in [2.24, 2.45) is 17.8 Å². The van der Waals surface area contributed by atoms with E-state index in [4.69, 9.17) is 9.47 Å². The number of hydrogen-bond donors (Lipinski definition) is 1. The monoisotopic (exact) mass is 395 g/mol. The van der Waals surface area contributed by atoms with Gasteiger partial charge in [0.15, 0.2) is 11.5 Å². The highest BCUT2D eigenvalue weighted by Gasteiger charge is 2.35. The molecule has 29 heavy (non-hydrogen) atoms. The van der Waals surface area contributed by atoms with Gasteiger partial charge < -0.3 is 14.8 Å². The summed E-state index contributed by atoms with van der Waals surface area (Å²) in [5, 5.41) is 7.34. The van der Waals surface area contributed by atoms with Gasteiger partial charge in [-0.1, -0.05) is 12.2 Å². The van der Waals surface area contributed by atoms with Crippen LogP contribution in [0.15, 0.2) is 47.3 Å². The predicted octanol–water partition coefficient (Wildman–Crippen LogP) is 2.26. The summed E-state index contributed by atoms with van der Waals surface area (Å²) in [5.41, 5.74) is 1.04. The second-order valence-corrected chi connectivity index (χ2v) is 7.63. The molecule has 1 saturated carbocycles. The number of nitrogens with one attached hydrogen (secondary N) is 1. The minimum Gasteiger partial charge on any atom is -0.493 e. The molecule has 3 atom stereocenters. The number of hydrogen-bond acceptors (Lipinski definition) is 5. The molecule has 0 saturated heterocycles. The number of methoxy groups -OCH3 is 2. The van der Waals surface area contributed by atoms with Gasteiger partial charge >= 0.3 is 0 Å². The lowest BCUT2D eigenvalue weighted by Crippen LogP contribution is -2.36. The first-order valence-electron chi connectivity index (χ1n) is 9.83. The number of carbonyl (C=O) groups is 1. The molecule has 0 spiro atoms. The number of ether oxygens (including phenoxy) is 2. The van der Waals surface area contributed by atoms with Crippen LogP contribution in [0.4, 0.5) is 0 Å². The van der Waals surface area contributed by atoms with E-state index >= 15 is 0 Å². The number of fused-ring (bicyclic) bond motifs is 2. The van der Waals surface area contributed by atoms with Crippen molar-refractivity contribution < 1.29 is 14.3 Å². The van der Waals surface area contributed by atoms with E-state index in [-0.39, 0.29) is 18.0 Å². The molecule has 1 fully saturated rings. The van der Waals surface area contributed by atoms with Crippen molar-refractivity contribution in [3.8, 4) is 22.8 Å². The minimum atomic E-state index is -0.313. The highest BCUT2D eigenvalue weighted by molar-refractivity contribution is 5.75. The van der Waals surface area contributed by atoms with Gasteiger partial charge in [-0.25, -0.2) is 4.68 Å². The SMILES string of the molecule is COc1ccc(-c2ccc(=O)n(CC(=O)NC[C@@H]3C[C@H]4C=C[C@@H]3C4)n2)cc1OC. The van der Waals surface area contributed by atoms with Crippen LogP contribution in [0, 0.1) is 17.8 Å². The predicted molar refractivity (Wildman–Crippen MR) is 109 cm³/mol. The molecule has 152 valence electrons. The summed E-state index contributed by atoms with van der Waals surface area (Å²) in [7, 11) is 3.13. The number of aromatic nitrogens is 2. The first-order chi connectivity index (χ1) is 14.1. The van der Waals surface area contributed by atoms with Gasteiger partial charge in [0.25, 0.3) is 5.56 Å². The number of amides is 1. The molecule has 2 bridgehead atoms. The summed E-state index contributed by atoms with van der Waals surface area (Å²) in [4.78, 5) is 24.6. The molecule has 1 amide bonds. The molecule has 1 heterocycles. The van der Waals surface area contributed by atoms with Gasteiger partial charge in [0.2, 0.25) is 5.91 Å². The van der Waals surface area contributed by atoms with E-state index < -0.39 is 0 Å². The summed E-state index contributed by atoms with van der Waals surface area (Å²) in [5.74, 6) is 2.73. The molecule has 2 aromatic rings.